The summed E-state index contributed by atoms with van der Waals surface area (Å²) in [6.07, 6.45) is 1.75. The third-order valence-corrected chi connectivity index (χ3v) is 4.69. The quantitative estimate of drug-likeness (QED) is 0.485. The highest BCUT2D eigenvalue weighted by molar-refractivity contribution is 6.36. The van der Waals surface area contributed by atoms with Crippen molar-refractivity contribution in [2.24, 2.45) is 7.05 Å². The molecule has 0 unspecified atom stereocenters. The van der Waals surface area contributed by atoms with E-state index in [0.29, 0.717) is 11.3 Å². The highest BCUT2D eigenvalue weighted by Gasteiger charge is 2.18. The van der Waals surface area contributed by atoms with Crippen LogP contribution in [0.1, 0.15) is 5.56 Å². The monoisotopic (exact) mass is 343 g/mol. The standard InChI is InChI=1S/C18H12ClF2N3/c1-9-17(19)16-13(21)6-10(20)7-14(16)23-18(9)11-4-3-5-15-12(11)8-22-24(15)2/h3-8H,1-2H3. The second kappa shape index (κ2) is 5.24. The van der Waals surface area contributed by atoms with E-state index in [1.165, 1.54) is 6.07 Å². The molecule has 0 fully saturated rings. The maximum Gasteiger partial charge on any atom is 0.137 e. The number of hydrogen-bond donors (Lipinski definition) is 0. The van der Waals surface area contributed by atoms with Gasteiger partial charge in [-0.15, -0.1) is 0 Å². The van der Waals surface area contributed by atoms with Gasteiger partial charge in [0.2, 0.25) is 0 Å². The van der Waals surface area contributed by atoms with Crippen molar-refractivity contribution in [2.75, 3.05) is 0 Å². The van der Waals surface area contributed by atoms with Gasteiger partial charge >= 0.3 is 0 Å². The molecule has 2 aromatic heterocycles. The fourth-order valence-corrected chi connectivity index (χ4v) is 3.28. The van der Waals surface area contributed by atoms with Crippen LogP contribution in [0.2, 0.25) is 5.02 Å². The lowest BCUT2D eigenvalue weighted by Crippen LogP contribution is -1.96. The van der Waals surface area contributed by atoms with Crippen molar-refractivity contribution in [1.82, 2.24) is 14.8 Å². The molecule has 3 nitrogen and oxygen atoms in total. The van der Waals surface area contributed by atoms with Gasteiger partial charge < -0.3 is 0 Å². The molecular formula is C18H12ClF2N3. The molecule has 0 N–H and O–H groups in total. The zero-order valence-electron chi connectivity index (χ0n) is 12.9. The summed E-state index contributed by atoms with van der Waals surface area (Å²) < 4.78 is 29.4. The number of halogens is 3. The molecule has 0 aliphatic rings. The van der Waals surface area contributed by atoms with Crippen molar-refractivity contribution in [1.29, 1.82) is 0 Å². The van der Waals surface area contributed by atoms with E-state index in [1.54, 1.807) is 17.8 Å². The number of rotatable bonds is 1. The van der Waals surface area contributed by atoms with Crippen LogP contribution in [0.3, 0.4) is 0 Å². The molecule has 0 saturated carbocycles. The number of nitrogens with zero attached hydrogens (tertiary/aromatic N) is 3. The van der Waals surface area contributed by atoms with Crippen molar-refractivity contribution in [3.63, 3.8) is 0 Å². The van der Waals surface area contributed by atoms with Crippen LogP contribution in [0.25, 0.3) is 33.1 Å². The predicted octanol–water partition coefficient (Wildman–Crippen LogP) is 5.03. The van der Waals surface area contributed by atoms with Gasteiger partial charge in [-0.2, -0.15) is 5.10 Å². The Labute approximate surface area is 141 Å². The van der Waals surface area contributed by atoms with Gasteiger partial charge in [0.1, 0.15) is 11.6 Å². The zero-order chi connectivity index (χ0) is 17.0. The second-order valence-electron chi connectivity index (χ2n) is 5.69. The second-order valence-corrected chi connectivity index (χ2v) is 6.07. The summed E-state index contributed by atoms with van der Waals surface area (Å²) in [7, 11) is 1.85. The minimum Gasteiger partial charge on any atom is -0.268 e. The smallest absolute Gasteiger partial charge is 0.137 e. The Balaban J connectivity index is 2.12. The van der Waals surface area contributed by atoms with Crippen molar-refractivity contribution in [3.05, 3.63) is 58.7 Å². The molecule has 0 amide bonds. The molecule has 0 radical (unpaired) electrons. The number of pyridine rings is 1. The van der Waals surface area contributed by atoms with Gasteiger partial charge in [0.05, 0.1) is 33.3 Å². The van der Waals surface area contributed by atoms with Gasteiger partial charge in [-0.3, -0.25) is 4.68 Å². The van der Waals surface area contributed by atoms with Crippen LogP contribution in [0.15, 0.2) is 36.5 Å². The first kappa shape index (κ1) is 15.0. The molecule has 2 heterocycles. The van der Waals surface area contributed by atoms with Crippen LogP contribution < -0.4 is 0 Å². The first-order chi connectivity index (χ1) is 11.5. The first-order valence-corrected chi connectivity index (χ1v) is 7.71. The third kappa shape index (κ3) is 2.08. The van der Waals surface area contributed by atoms with Gasteiger partial charge in [-0.25, -0.2) is 13.8 Å². The third-order valence-electron chi connectivity index (χ3n) is 4.22. The molecule has 0 aliphatic carbocycles. The summed E-state index contributed by atoms with van der Waals surface area (Å²) in [5.74, 6) is -1.39. The molecule has 0 atom stereocenters. The number of aryl methyl sites for hydroxylation is 1. The Morgan fingerprint density at radius 3 is 2.75 bits per heavy atom. The number of fused-ring (bicyclic) bond motifs is 2. The Kier molecular flexibility index (Phi) is 3.28. The lowest BCUT2D eigenvalue weighted by molar-refractivity contribution is 0.591. The number of aromatic nitrogens is 3. The molecule has 6 heteroatoms. The van der Waals surface area contributed by atoms with Crippen molar-refractivity contribution in [3.8, 4) is 11.3 Å². The van der Waals surface area contributed by atoms with Crippen LogP contribution in [0.5, 0.6) is 0 Å². The Bertz CT molecular complexity index is 1120. The van der Waals surface area contributed by atoms with Gasteiger partial charge in [-0.05, 0) is 18.6 Å². The molecule has 0 spiro atoms. The maximum atomic E-state index is 14.1. The molecule has 0 bridgehead atoms. The van der Waals surface area contributed by atoms with Gasteiger partial charge in [0.25, 0.3) is 0 Å². The topological polar surface area (TPSA) is 30.7 Å². The SMILES string of the molecule is Cc1c(-c2cccc3c2cnn3C)nc2cc(F)cc(F)c2c1Cl. The van der Waals surface area contributed by atoms with E-state index in [1.807, 2.05) is 25.2 Å². The molecular weight excluding hydrogens is 332 g/mol. The minimum atomic E-state index is -0.711. The van der Waals surface area contributed by atoms with Crippen LogP contribution >= 0.6 is 11.6 Å². The number of benzene rings is 2. The molecule has 120 valence electrons. The summed E-state index contributed by atoms with van der Waals surface area (Å²) in [6, 6.07) is 7.75. The van der Waals surface area contributed by atoms with Crippen molar-refractivity contribution in [2.45, 2.75) is 6.92 Å². The van der Waals surface area contributed by atoms with Crippen LogP contribution in [-0.4, -0.2) is 14.8 Å². The highest BCUT2D eigenvalue weighted by atomic mass is 35.5. The highest BCUT2D eigenvalue weighted by Crippen LogP contribution is 2.37. The van der Waals surface area contributed by atoms with Crippen LogP contribution in [0, 0.1) is 18.6 Å². The summed E-state index contributed by atoms with van der Waals surface area (Å²) in [5.41, 5.74) is 3.20. The van der Waals surface area contributed by atoms with E-state index in [9.17, 15) is 8.78 Å². The van der Waals surface area contributed by atoms with Crippen molar-refractivity contribution >= 4 is 33.4 Å². The van der Waals surface area contributed by atoms with E-state index < -0.39 is 11.6 Å². The summed E-state index contributed by atoms with van der Waals surface area (Å²) in [6.45, 7) is 1.78. The maximum absolute atomic E-state index is 14.1. The zero-order valence-corrected chi connectivity index (χ0v) is 13.7. The number of hydrogen-bond acceptors (Lipinski definition) is 2. The molecule has 24 heavy (non-hydrogen) atoms. The lowest BCUT2D eigenvalue weighted by atomic mass is 10.0. The van der Waals surface area contributed by atoms with Crippen LogP contribution in [-0.2, 0) is 7.05 Å². The van der Waals surface area contributed by atoms with E-state index in [2.05, 4.69) is 10.1 Å². The summed E-state index contributed by atoms with van der Waals surface area (Å²) in [4.78, 5) is 4.49. The molecule has 0 aliphatic heterocycles. The Morgan fingerprint density at radius 1 is 1.17 bits per heavy atom. The van der Waals surface area contributed by atoms with E-state index in [-0.39, 0.29) is 15.9 Å². The fourth-order valence-electron chi connectivity index (χ4n) is 3.01. The average Bonchev–Trinajstić information content (AvgIpc) is 2.92. The first-order valence-electron chi connectivity index (χ1n) is 7.33. The predicted molar refractivity (Wildman–Crippen MR) is 91.1 cm³/mol. The van der Waals surface area contributed by atoms with Gasteiger partial charge in [0.15, 0.2) is 0 Å². The molecule has 2 aromatic carbocycles. The summed E-state index contributed by atoms with van der Waals surface area (Å²) >= 11 is 6.37. The van der Waals surface area contributed by atoms with Gasteiger partial charge in [-0.1, -0.05) is 23.7 Å². The minimum absolute atomic E-state index is 0.137. The van der Waals surface area contributed by atoms with E-state index in [0.717, 1.165) is 22.5 Å². The van der Waals surface area contributed by atoms with E-state index >= 15 is 0 Å². The largest absolute Gasteiger partial charge is 0.268 e. The lowest BCUT2D eigenvalue weighted by Gasteiger charge is -2.12. The van der Waals surface area contributed by atoms with Gasteiger partial charge in [0, 0.05) is 30.1 Å². The van der Waals surface area contributed by atoms with Crippen molar-refractivity contribution < 1.29 is 8.78 Å². The van der Waals surface area contributed by atoms with E-state index in [4.69, 9.17) is 11.6 Å². The fraction of sp³-hybridized carbons (Fsp3) is 0.111. The molecule has 0 saturated heterocycles. The normalized spacial score (nSPS) is 11.5. The Morgan fingerprint density at radius 2 is 1.96 bits per heavy atom. The Hall–Kier alpha value is -2.53. The summed E-state index contributed by atoms with van der Waals surface area (Å²) in [5, 5.41) is 5.55. The van der Waals surface area contributed by atoms with Crippen LogP contribution in [0.4, 0.5) is 8.78 Å². The molecule has 4 aromatic rings. The average molecular weight is 344 g/mol. The molecule has 4 rings (SSSR count).